The molecule has 0 saturated carbocycles. The van der Waals surface area contributed by atoms with Crippen LogP contribution in [0, 0.1) is 9.39 Å². The van der Waals surface area contributed by atoms with Gasteiger partial charge in [0.25, 0.3) is 0 Å². The van der Waals surface area contributed by atoms with Gasteiger partial charge in [-0.25, -0.2) is 14.4 Å². The van der Waals surface area contributed by atoms with Crippen molar-refractivity contribution in [1.82, 2.24) is 9.97 Å². The fraction of sp³-hybridized carbons (Fsp3) is 0. The third-order valence-electron chi connectivity index (χ3n) is 1.87. The van der Waals surface area contributed by atoms with Crippen LogP contribution in [0.5, 0.6) is 0 Å². The molecule has 1 aromatic carbocycles. The zero-order valence-electron chi connectivity index (χ0n) is 7.72. The van der Waals surface area contributed by atoms with E-state index in [4.69, 9.17) is 11.6 Å². The normalized spacial score (nSPS) is 10.5. The highest BCUT2D eigenvalue weighted by Gasteiger charge is 2.09. The van der Waals surface area contributed by atoms with Gasteiger partial charge in [0.15, 0.2) is 5.82 Å². The molecule has 0 bridgehead atoms. The van der Waals surface area contributed by atoms with Crippen molar-refractivity contribution in [2.24, 2.45) is 0 Å². The third-order valence-corrected chi connectivity index (χ3v) is 3.93. The minimum atomic E-state index is -0.313. The minimum absolute atomic E-state index is 0.313. The van der Waals surface area contributed by atoms with Gasteiger partial charge in [-0.15, -0.1) is 0 Å². The molecule has 0 aliphatic heterocycles. The maximum Gasteiger partial charge on any atom is 0.162 e. The average Bonchev–Trinajstić information content (AvgIpc) is 2.22. The lowest BCUT2D eigenvalue weighted by Crippen LogP contribution is -1.92. The summed E-state index contributed by atoms with van der Waals surface area (Å²) in [6, 6.07) is 4.33. The molecule has 0 spiro atoms. The van der Waals surface area contributed by atoms with Gasteiger partial charge in [0.1, 0.15) is 11.0 Å². The average molecular weight is 413 g/mol. The lowest BCUT2D eigenvalue weighted by molar-refractivity contribution is 0.627. The Morgan fingerprint density at radius 1 is 1.38 bits per heavy atom. The van der Waals surface area contributed by atoms with E-state index in [0.29, 0.717) is 21.0 Å². The SMILES string of the molecule is Fc1ccc(-c2ncc(I)c(Cl)n2)c(Br)c1. The van der Waals surface area contributed by atoms with Gasteiger partial charge in [-0.2, -0.15) is 0 Å². The molecule has 6 heteroatoms. The van der Waals surface area contributed by atoms with E-state index in [9.17, 15) is 4.39 Å². The van der Waals surface area contributed by atoms with Crippen LogP contribution in [0.3, 0.4) is 0 Å². The first-order valence-electron chi connectivity index (χ1n) is 4.21. The second kappa shape index (κ2) is 4.93. The Balaban J connectivity index is 2.54. The van der Waals surface area contributed by atoms with Gasteiger partial charge >= 0.3 is 0 Å². The summed E-state index contributed by atoms with van der Waals surface area (Å²) in [5.74, 6) is 0.157. The van der Waals surface area contributed by atoms with Crippen molar-refractivity contribution in [1.29, 1.82) is 0 Å². The molecule has 0 aliphatic carbocycles. The van der Waals surface area contributed by atoms with Crippen molar-refractivity contribution in [2.45, 2.75) is 0 Å². The van der Waals surface area contributed by atoms with Gasteiger partial charge in [-0.05, 0) is 56.7 Å². The molecule has 2 rings (SSSR count). The van der Waals surface area contributed by atoms with Gasteiger partial charge in [-0.3, -0.25) is 0 Å². The number of aromatic nitrogens is 2. The summed E-state index contributed by atoms with van der Waals surface area (Å²) >= 11 is 11.2. The fourth-order valence-corrected chi connectivity index (χ4v) is 2.06. The first kappa shape index (κ1) is 12.2. The molecule has 0 fully saturated rings. The highest BCUT2D eigenvalue weighted by Crippen LogP contribution is 2.27. The maximum atomic E-state index is 12.9. The topological polar surface area (TPSA) is 25.8 Å². The summed E-state index contributed by atoms with van der Waals surface area (Å²) in [6.07, 6.45) is 1.63. The smallest absolute Gasteiger partial charge is 0.162 e. The second-order valence-electron chi connectivity index (χ2n) is 2.96. The third kappa shape index (κ3) is 2.52. The molecule has 0 unspecified atom stereocenters. The molecule has 0 N–H and O–H groups in total. The van der Waals surface area contributed by atoms with Crippen LogP contribution >= 0.6 is 50.1 Å². The Labute approximate surface area is 119 Å². The van der Waals surface area contributed by atoms with Gasteiger partial charge < -0.3 is 0 Å². The number of nitrogens with zero attached hydrogens (tertiary/aromatic N) is 2. The molecule has 0 amide bonds. The van der Waals surface area contributed by atoms with Crippen molar-refractivity contribution >= 4 is 50.1 Å². The monoisotopic (exact) mass is 412 g/mol. The van der Waals surface area contributed by atoms with Gasteiger partial charge in [0, 0.05) is 16.2 Å². The maximum absolute atomic E-state index is 12.9. The van der Waals surface area contributed by atoms with Crippen LogP contribution in [0.2, 0.25) is 5.15 Å². The summed E-state index contributed by atoms with van der Waals surface area (Å²) in [4.78, 5) is 8.27. The van der Waals surface area contributed by atoms with Crippen LogP contribution in [-0.2, 0) is 0 Å². The molecule has 16 heavy (non-hydrogen) atoms. The quantitative estimate of drug-likeness (QED) is 0.515. The molecule has 82 valence electrons. The van der Waals surface area contributed by atoms with Crippen LogP contribution in [0.4, 0.5) is 4.39 Å². The molecule has 2 aromatic rings. The Bertz CT molecular complexity index is 550. The summed E-state index contributed by atoms with van der Waals surface area (Å²) in [6.45, 7) is 0. The summed E-state index contributed by atoms with van der Waals surface area (Å²) in [7, 11) is 0. The number of halogens is 4. The number of benzene rings is 1. The van der Waals surface area contributed by atoms with Crippen LogP contribution < -0.4 is 0 Å². The number of hydrogen-bond acceptors (Lipinski definition) is 2. The zero-order chi connectivity index (χ0) is 11.7. The predicted molar refractivity (Wildman–Crippen MR) is 72.9 cm³/mol. The molecule has 1 heterocycles. The largest absolute Gasteiger partial charge is 0.235 e. The van der Waals surface area contributed by atoms with Crippen LogP contribution in [0.25, 0.3) is 11.4 Å². The molecule has 1 aromatic heterocycles. The summed E-state index contributed by atoms with van der Waals surface area (Å²) < 4.78 is 14.3. The van der Waals surface area contributed by atoms with E-state index < -0.39 is 0 Å². The standard InChI is InChI=1S/C10H4BrClFIN2/c11-7-3-5(13)1-2-6(7)10-15-4-8(14)9(12)16-10/h1-4H. The van der Waals surface area contributed by atoms with E-state index in [0.717, 1.165) is 3.57 Å². The predicted octanol–water partition coefficient (Wildman–Crippen LogP) is 4.30. The van der Waals surface area contributed by atoms with Crippen LogP contribution in [-0.4, -0.2) is 9.97 Å². The zero-order valence-corrected chi connectivity index (χ0v) is 12.2. The van der Waals surface area contributed by atoms with Crippen LogP contribution in [0.15, 0.2) is 28.9 Å². The van der Waals surface area contributed by atoms with E-state index in [1.165, 1.54) is 12.1 Å². The molecule has 0 aliphatic rings. The van der Waals surface area contributed by atoms with Gasteiger partial charge in [-0.1, -0.05) is 11.6 Å². The summed E-state index contributed by atoms with van der Waals surface area (Å²) in [5.41, 5.74) is 0.708. The Morgan fingerprint density at radius 2 is 2.12 bits per heavy atom. The van der Waals surface area contributed by atoms with Gasteiger partial charge in [0.05, 0.1) is 3.57 Å². The Morgan fingerprint density at radius 3 is 2.75 bits per heavy atom. The van der Waals surface area contributed by atoms with E-state index in [1.54, 1.807) is 12.3 Å². The number of rotatable bonds is 1. The van der Waals surface area contributed by atoms with Crippen molar-refractivity contribution in [3.05, 3.63) is 43.4 Å². The number of hydrogen-bond donors (Lipinski definition) is 0. The van der Waals surface area contributed by atoms with E-state index >= 15 is 0 Å². The summed E-state index contributed by atoms with van der Waals surface area (Å²) in [5, 5.41) is 0.391. The molecule has 2 nitrogen and oxygen atoms in total. The van der Waals surface area contributed by atoms with Crippen molar-refractivity contribution < 1.29 is 4.39 Å². The molecule has 0 saturated heterocycles. The second-order valence-corrected chi connectivity index (χ2v) is 5.33. The van der Waals surface area contributed by atoms with E-state index in [2.05, 4.69) is 25.9 Å². The molecule has 0 atom stereocenters. The Kier molecular flexibility index (Phi) is 3.76. The minimum Gasteiger partial charge on any atom is -0.235 e. The molecule has 0 radical (unpaired) electrons. The van der Waals surface area contributed by atoms with Crippen molar-refractivity contribution in [3.8, 4) is 11.4 Å². The lowest BCUT2D eigenvalue weighted by Gasteiger charge is -2.04. The van der Waals surface area contributed by atoms with Gasteiger partial charge in [0.2, 0.25) is 0 Å². The first-order chi connectivity index (χ1) is 7.58. The van der Waals surface area contributed by atoms with Crippen LogP contribution in [0.1, 0.15) is 0 Å². The van der Waals surface area contributed by atoms with Crippen molar-refractivity contribution in [3.63, 3.8) is 0 Å². The Hall–Kier alpha value is -0.270. The first-order valence-corrected chi connectivity index (χ1v) is 6.46. The van der Waals surface area contributed by atoms with Crippen molar-refractivity contribution in [2.75, 3.05) is 0 Å². The van der Waals surface area contributed by atoms with E-state index in [1.807, 2.05) is 22.6 Å². The highest BCUT2D eigenvalue weighted by atomic mass is 127. The lowest BCUT2D eigenvalue weighted by atomic mass is 10.2. The fourth-order valence-electron chi connectivity index (χ4n) is 1.15. The highest BCUT2D eigenvalue weighted by molar-refractivity contribution is 14.1. The molecular weight excluding hydrogens is 409 g/mol. The molecular formula is C10H4BrClFIN2. The van der Waals surface area contributed by atoms with E-state index in [-0.39, 0.29) is 5.82 Å².